The summed E-state index contributed by atoms with van der Waals surface area (Å²) < 4.78 is 81.6. The number of fused-ring (bicyclic) bond motifs is 1. The number of benzene rings is 2. The molecule has 1 fully saturated rings. The van der Waals surface area contributed by atoms with Gasteiger partial charge >= 0.3 is 6.18 Å². The second-order valence-electron chi connectivity index (χ2n) is 9.67. The van der Waals surface area contributed by atoms with Gasteiger partial charge in [-0.1, -0.05) is 22.6 Å². The summed E-state index contributed by atoms with van der Waals surface area (Å²) in [5, 5.41) is 12.9. The van der Waals surface area contributed by atoms with Crippen molar-refractivity contribution in [3.8, 4) is 0 Å². The number of amides is 1. The Kier molecular flexibility index (Phi) is 8.80. The number of pyridine rings is 1. The standard InChI is InChI=1S/C26H27F4IN4O4S/c1-14-8-17(19(27)10-21(14)34-40(2,38)39)22(12-31)33-25(37)15-5-6-20-18(9-15)23(11-24(32-20)26(28,29)30)35-7-3-4-16(35)13-36/h5-6,8-11,16,22,34,36H,3-4,7,12-13H2,1-2H3,(H,33,37)/t16-,22-/m1/s1. The first-order valence-corrected chi connectivity index (χ1v) is 15.7. The van der Waals surface area contributed by atoms with Gasteiger partial charge in [0, 0.05) is 33.2 Å². The first-order chi connectivity index (χ1) is 18.7. The van der Waals surface area contributed by atoms with Crippen LogP contribution in [0, 0.1) is 12.7 Å². The van der Waals surface area contributed by atoms with Crippen LogP contribution in [0.15, 0.2) is 36.4 Å². The maximum absolute atomic E-state index is 15.0. The van der Waals surface area contributed by atoms with Gasteiger partial charge in [-0.3, -0.25) is 9.52 Å². The van der Waals surface area contributed by atoms with E-state index in [4.69, 9.17) is 0 Å². The van der Waals surface area contributed by atoms with E-state index in [1.54, 1.807) is 11.8 Å². The van der Waals surface area contributed by atoms with Gasteiger partial charge in [0.1, 0.15) is 11.5 Å². The molecular weight excluding hydrogens is 667 g/mol. The third kappa shape index (κ3) is 6.60. The zero-order valence-electron chi connectivity index (χ0n) is 21.5. The molecule has 14 heteroatoms. The van der Waals surface area contributed by atoms with Gasteiger partial charge < -0.3 is 15.3 Å². The fourth-order valence-electron chi connectivity index (χ4n) is 4.80. The molecule has 1 saturated heterocycles. The second kappa shape index (κ2) is 11.6. The van der Waals surface area contributed by atoms with Gasteiger partial charge in [-0.05, 0) is 61.7 Å². The van der Waals surface area contributed by atoms with E-state index >= 15 is 4.39 Å². The average Bonchev–Trinajstić information content (AvgIpc) is 3.35. The maximum atomic E-state index is 15.0. The van der Waals surface area contributed by atoms with Crippen LogP contribution in [0.5, 0.6) is 0 Å². The highest BCUT2D eigenvalue weighted by Crippen LogP contribution is 2.38. The summed E-state index contributed by atoms with van der Waals surface area (Å²) in [5.41, 5.74) is 0.0311. The molecule has 0 saturated carbocycles. The molecule has 0 spiro atoms. The van der Waals surface area contributed by atoms with Crippen LogP contribution >= 0.6 is 22.6 Å². The summed E-state index contributed by atoms with van der Waals surface area (Å²) in [6, 6.07) is 6.44. The first kappa shape index (κ1) is 30.2. The number of alkyl halides is 4. The summed E-state index contributed by atoms with van der Waals surface area (Å²) >= 11 is 1.99. The van der Waals surface area contributed by atoms with Crippen LogP contribution in [-0.2, 0) is 16.2 Å². The zero-order valence-corrected chi connectivity index (χ0v) is 24.5. The number of carbonyl (C=O) groups is 1. The van der Waals surface area contributed by atoms with Crippen molar-refractivity contribution in [3.63, 3.8) is 0 Å². The molecule has 2 aromatic carbocycles. The minimum atomic E-state index is -4.69. The van der Waals surface area contributed by atoms with Crippen LogP contribution in [0.25, 0.3) is 10.9 Å². The average molecular weight is 694 g/mol. The van der Waals surface area contributed by atoms with Crippen molar-refractivity contribution in [1.82, 2.24) is 10.3 Å². The number of aliphatic hydroxyl groups is 1. The number of aryl methyl sites for hydroxylation is 1. The predicted molar refractivity (Wildman–Crippen MR) is 153 cm³/mol. The Bertz CT molecular complexity index is 1550. The molecular formula is C26H27F4IN4O4S. The predicted octanol–water partition coefficient (Wildman–Crippen LogP) is 4.94. The van der Waals surface area contributed by atoms with Crippen LogP contribution in [0.4, 0.5) is 28.9 Å². The number of nitrogens with one attached hydrogen (secondary N) is 2. The Morgan fingerprint density at radius 2 is 1.98 bits per heavy atom. The molecule has 2 heterocycles. The highest BCUT2D eigenvalue weighted by Gasteiger charge is 2.35. The molecule has 0 aliphatic carbocycles. The highest BCUT2D eigenvalue weighted by atomic mass is 127. The van der Waals surface area contributed by atoms with Crippen molar-refractivity contribution < 1.29 is 35.9 Å². The number of aromatic nitrogens is 1. The lowest BCUT2D eigenvalue weighted by atomic mass is 10.0. The van der Waals surface area contributed by atoms with Gasteiger partial charge in [-0.2, -0.15) is 13.2 Å². The number of hydrogen-bond donors (Lipinski definition) is 3. The van der Waals surface area contributed by atoms with E-state index in [9.17, 15) is 31.5 Å². The van der Waals surface area contributed by atoms with Gasteiger partial charge in [0.15, 0.2) is 0 Å². The number of anilines is 2. The Morgan fingerprint density at radius 1 is 1.25 bits per heavy atom. The molecule has 1 aromatic heterocycles. The lowest BCUT2D eigenvalue weighted by molar-refractivity contribution is -0.140. The fraction of sp³-hybridized carbons (Fsp3) is 0.385. The molecule has 1 aliphatic rings. The van der Waals surface area contributed by atoms with E-state index < -0.39 is 39.7 Å². The van der Waals surface area contributed by atoms with Crippen LogP contribution in [0.2, 0.25) is 0 Å². The van der Waals surface area contributed by atoms with Crippen LogP contribution in [-0.4, -0.2) is 54.3 Å². The molecule has 4 rings (SSSR count). The number of carbonyl (C=O) groups excluding carboxylic acids is 1. The van der Waals surface area contributed by atoms with Crippen LogP contribution in [0.1, 0.15) is 46.1 Å². The van der Waals surface area contributed by atoms with E-state index in [2.05, 4.69) is 15.0 Å². The fourth-order valence-corrected chi connectivity index (χ4v) is 6.11. The van der Waals surface area contributed by atoms with Gasteiger partial charge in [-0.15, -0.1) is 0 Å². The van der Waals surface area contributed by atoms with Crippen molar-refractivity contribution in [2.24, 2.45) is 0 Å². The number of hydrogen-bond acceptors (Lipinski definition) is 6. The minimum absolute atomic E-state index is 0.0473. The van der Waals surface area contributed by atoms with Crippen LogP contribution in [0.3, 0.4) is 0 Å². The highest BCUT2D eigenvalue weighted by molar-refractivity contribution is 14.1. The molecule has 1 aliphatic heterocycles. The molecule has 1 amide bonds. The lowest BCUT2D eigenvalue weighted by Gasteiger charge is -2.27. The van der Waals surface area contributed by atoms with Crippen molar-refractivity contribution >= 4 is 60.8 Å². The van der Waals surface area contributed by atoms with Crippen molar-refractivity contribution in [2.45, 2.75) is 38.0 Å². The third-order valence-electron chi connectivity index (χ3n) is 6.71. The van der Waals surface area contributed by atoms with E-state index in [1.165, 1.54) is 24.3 Å². The van der Waals surface area contributed by atoms with E-state index in [1.807, 2.05) is 22.6 Å². The van der Waals surface area contributed by atoms with Crippen LogP contribution < -0.4 is 14.9 Å². The first-order valence-electron chi connectivity index (χ1n) is 12.3. The molecule has 0 unspecified atom stereocenters. The summed E-state index contributed by atoms with van der Waals surface area (Å²) in [4.78, 5) is 18.7. The minimum Gasteiger partial charge on any atom is -0.394 e. The van der Waals surface area contributed by atoms with E-state index in [-0.39, 0.29) is 45.1 Å². The van der Waals surface area contributed by atoms with Crippen molar-refractivity contribution in [2.75, 3.05) is 33.5 Å². The lowest BCUT2D eigenvalue weighted by Crippen LogP contribution is -2.32. The summed E-state index contributed by atoms with van der Waals surface area (Å²) in [7, 11) is -3.63. The molecule has 8 nitrogen and oxygen atoms in total. The molecule has 3 aromatic rings. The third-order valence-corrected chi connectivity index (χ3v) is 8.18. The van der Waals surface area contributed by atoms with Gasteiger partial charge in [0.2, 0.25) is 10.0 Å². The Labute approximate surface area is 242 Å². The van der Waals surface area contributed by atoms with Gasteiger partial charge in [0.05, 0.1) is 36.2 Å². The SMILES string of the molecule is Cc1cc([C@@H](CI)NC(=O)c2ccc3nc(C(F)(F)F)cc(N4CCC[C@@H]4CO)c3c2)c(F)cc1NS(C)(=O)=O. The van der Waals surface area contributed by atoms with E-state index in [0.29, 0.717) is 30.3 Å². The van der Waals surface area contributed by atoms with E-state index in [0.717, 1.165) is 18.4 Å². The molecule has 40 heavy (non-hydrogen) atoms. The van der Waals surface area contributed by atoms with Crippen molar-refractivity contribution in [1.29, 1.82) is 0 Å². The molecule has 0 bridgehead atoms. The number of rotatable bonds is 8. The summed E-state index contributed by atoms with van der Waals surface area (Å²) in [5.74, 6) is -1.29. The molecule has 0 radical (unpaired) electrons. The number of sulfonamides is 1. The smallest absolute Gasteiger partial charge is 0.394 e. The van der Waals surface area contributed by atoms with Gasteiger partial charge in [-0.25, -0.2) is 17.8 Å². The monoisotopic (exact) mass is 694 g/mol. The normalized spacial score (nSPS) is 16.8. The van der Waals surface area contributed by atoms with Crippen molar-refractivity contribution in [3.05, 3.63) is 64.6 Å². The Hall–Kier alpha value is -2.72. The summed E-state index contributed by atoms with van der Waals surface area (Å²) in [6.45, 7) is 1.82. The quantitative estimate of drug-likeness (QED) is 0.175. The summed E-state index contributed by atoms with van der Waals surface area (Å²) in [6.07, 6.45) is -2.43. The Morgan fingerprint density at radius 3 is 2.60 bits per heavy atom. The van der Waals surface area contributed by atoms with Gasteiger partial charge in [0.25, 0.3) is 5.91 Å². The number of aliphatic hydroxyl groups excluding tert-OH is 1. The Balaban J connectivity index is 1.70. The molecule has 2 atom stereocenters. The topological polar surface area (TPSA) is 112 Å². The largest absolute Gasteiger partial charge is 0.433 e. The maximum Gasteiger partial charge on any atom is 0.433 e. The molecule has 216 valence electrons. The molecule has 3 N–H and O–H groups in total. The zero-order chi connectivity index (χ0) is 29.4. The number of nitrogens with zero attached hydrogens (tertiary/aromatic N) is 2. The number of halogens is 5. The second-order valence-corrected chi connectivity index (χ2v) is 12.3.